The zero-order valence-corrected chi connectivity index (χ0v) is 13.6. The molecule has 0 spiro atoms. The molecule has 2 aromatic heterocycles. The van der Waals surface area contributed by atoms with Gasteiger partial charge in [0.2, 0.25) is 0 Å². The lowest BCUT2D eigenvalue weighted by molar-refractivity contribution is 0.134. The van der Waals surface area contributed by atoms with Gasteiger partial charge in [0.1, 0.15) is 11.3 Å². The fourth-order valence-electron chi connectivity index (χ4n) is 2.59. The molecule has 120 valence electrons. The zero-order valence-electron chi connectivity index (χ0n) is 13.6. The van der Waals surface area contributed by atoms with E-state index >= 15 is 0 Å². The number of aromatic nitrogens is 3. The standard InChI is InChI=1S/C18H22N4O/c1-13-3-5-15(6-4-13)17-21-16-11-14(2)12-20-18(16)22(17)8-10-23-9-7-19/h3-6,11-12H,7-10,19H2,1-2H3. The summed E-state index contributed by atoms with van der Waals surface area (Å²) >= 11 is 0. The first-order valence-corrected chi connectivity index (χ1v) is 7.87. The van der Waals surface area contributed by atoms with Crippen molar-refractivity contribution in [2.75, 3.05) is 19.8 Å². The maximum atomic E-state index is 5.54. The molecule has 0 amide bonds. The summed E-state index contributed by atoms with van der Waals surface area (Å²) in [6, 6.07) is 10.5. The summed E-state index contributed by atoms with van der Waals surface area (Å²) < 4.78 is 7.66. The van der Waals surface area contributed by atoms with Gasteiger partial charge in [-0.3, -0.25) is 0 Å². The van der Waals surface area contributed by atoms with Gasteiger partial charge < -0.3 is 15.0 Å². The van der Waals surface area contributed by atoms with Gasteiger partial charge in [-0.05, 0) is 25.5 Å². The number of benzene rings is 1. The van der Waals surface area contributed by atoms with Crippen LogP contribution in [0.5, 0.6) is 0 Å². The van der Waals surface area contributed by atoms with Crippen molar-refractivity contribution in [1.82, 2.24) is 14.5 Å². The summed E-state index contributed by atoms with van der Waals surface area (Å²) in [4.78, 5) is 9.36. The normalized spacial score (nSPS) is 11.3. The summed E-state index contributed by atoms with van der Waals surface area (Å²) in [6.07, 6.45) is 1.88. The van der Waals surface area contributed by atoms with Crippen LogP contribution < -0.4 is 5.73 Å². The van der Waals surface area contributed by atoms with Crippen molar-refractivity contribution in [3.05, 3.63) is 47.7 Å². The average molecular weight is 310 g/mol. The van der Waals surface area contributed by atoms with Crippen LogP contribution in [0.1, 0.15) is 11.1 Å². The van der Waals surface area contributed by atoms with Crippen LogP contribution >= 0.6 is 0 Å². The number of aryl methyl sites for hydroxylation is 2. The molecule has 23 heavy (non-hydrogen) atoms. The minimum Gasteiger partial charge on any atom is -0.378 e. The highest BCUT2D eigenvalue weighted by Crippen LogP contribution is 2.24. The van der Waals surface area contributed by atoms with Crippen molar-refractivity contribution in [1.29, 1.82) is 0 Å². The molecule has 0 atom stereocenters. The van der Waals surface area contributed by atoms with Crippen LogP contribution in [-0.2, 0) is 11.3 Å². The largest absolute Gasteiger partial charge is 0.378 e. The summed E-state index contributed by atoms with van der Waals surface area (Å²) in [5.41, 5.74) is 10.7. The van der Waals surface area contributed by atoms with E-state index in [-0.39, 0.29) is 0 Å². The molecule has 0 fully saturated rings. The molecule has 2 N–H and O–H groups in total. The lowest BCUT2D eigenvalue weighted by atomic mass is 10.1. The lowest BCUT2D eigenvalue weighted by Crippen LogP contribution is -2.13. The van der Waals surface area contributed by atoms with Gasteiger partial charge in [-0.2, -0.15) is 0 Å². The minimum absolute atomic E-state index is 0.535. The molecule has 0 bridgehead atoms. The van der Waals surface area contributed by atoms with Gasteiger partial charge in [-0.25, -0.2) is 9.97 Å². The Morgan fingerprint density at radius 3 is 2.61 bits per heavy atom. The van der Waals surface area contributed by atoms with Gasteiger partial charge in [-0.15, -0.1) is 0 Å². The van der Waals surface area contributed by atoms with Crippen LogP contribution in [0.4, 0.5) is 0 Å². The highest BCUT2D eigenvalue weighted by Gasteiger charge is 2.13. The molecule has 0 unspecified atom stereocenters. The van der Waals surface area contributed by atoms with Crippen molar-refractivity contribution in [2.24, 2.45) is 5.73 Å². The summed E-state index contributed by atoms with van der Waals surface area (Å²) in [7, 11) is 0. The molecule has 3 aromatic rings. The van der Waals surface area contributed by atoms with Crippen LogP contribution in [0.25, 0.3) is 22.6 Å². The first-order chi connectivity index (χ1) is 11.2. The molecule has 5 nitrogen and oxygen atoms in total. The number of nitrogens with zero attached hydrogens (tertiary/aromatic N) is 3. The van der Waals surface area contributed by atoms with Crippen LogP contribution in [0.3, 0.4) is 0 Å². The van der Waals surface area contributed by atoms with E-state index in [4.69, 9.17) is 15.5 Å². The quantitative estimate of drug-likeness (QED) is 0.711. The summed E-state index contributed by atoms with van der Waals surface area (Å²) in [5, 5.41) is 0. The first-order valence-electron chi connectivity index (χ1n) is 7.87. The molecule has 2 heterocycles. The zero-order chi connectivity index (χ0) is 16.2. The first kappa shape index (κ1) is 15.6. The molecule has 0 saturated carbocycles. The maximum Gasteiger partial charge on any atom is 0.160 e. The summed E-state index contributed by atoms with van der Waals surface area (Å²) in [5.74, 6) is 0.925. The van der Waals surface area contributed by atoms with Crippen LogP contribution in [0.15, 0.2) is 36.5 Å². The van der Waals surface area contributed by atoms with Crippen molar-refractivity contribution >= 4 is 11.2 Å². The van der Waals surface area contributed by atoms with Crippen molar-refractivity contribution < 1.29 is 4.74 Å². The van der Waals surface area contributed by atoms with Gasteiger partial charge in [-0.1, -0.05) is 29.8 Å². The van der Waals surface area contributed by atoms with Crippen LogP contribution in [-0.4, -0.2) is 34.3 Å². The smallest absolute Gasteiger partial charge is 0.160 e. The van der Waals surface area contributed by atoms with E-state index in [2.05, 4.69) is 46.8 Å². The average Bonchev–Trinajstić information content (AvgIpc) is 2.90. The lowest BCUT2D eigenvalue weighted by Gasteiger charge is -2.09. The molecule has 0 aliphatic carbocycles. The minimum atomic E-state index is 0.535. The number of nitrogens with two attached hydrogens (primary N) is 1. The Kier molecular flexibility index (Phi) is 4.69. The molecule has 0 aliphatic heterocycles. The number of rotatable bonds is 6. The van der Waals surface area contributed by atoms with Gasteiger partial charge in [0.05, 0.1) is 13.2 Å². The molecule has 0 saturated heterocycles. The number of hydrogen-bond acceptors (Lipinski definition) is 4. The molecule has 5 heteroatoms. The van der Waals surface area contributed by atoms with Crippen molar-refractivity contribution in [3.63, 3.8) is 0 Å². The molecule has 0 aliphatic rings. The Bertz CT molecular complexity index is 793. The molecule has 0 radical (unpaired) electrons. The molecular formula is C18H22N4O. The van der Waals surface area contributed by atoms with Gasteiger partial charge in [0.25, 0.3) is 0 Å². The Morgan fingerprint density at radius 1 is 1.09 bits per heavy atom. The Labute approximate surface area is 136 Å². The fraction of sp³-hybridized carbons (Fsp3) is 0.333. The number of ether oxygens (including phenoxy) is 1. The third kappa shape index (κ3) is 3.41. The molecule has 3 rings (SSSR count). The van der Waals surface area contributed by atoms with E-state index in [1.165, 1.54) is 5.56 Å². The van der Waals surface area contributed by atoms with Crippen molar-refractivity contribution in [3.8, 4) is 11.4 Å². The highest BCUT2D eigenvalue weighted by molar-refractivity contribution is 5.77. The maximum absolute atomic E-state index is 5.54. The van der Waals surface area contributed by atoms with Crippen LogP contribution in [0, 0.1) is 13.8 Å². The second-order valence-electron chi connectivity index (χ2n) is 5.71. The number of pyridine rings is 1. The second-order valence-corrected chi connectivity index (χ2v) is 5.71. The van der Waals surface area contributed by atoms with E-state index in [1.54, 1.807) is 0 Å². The Balaban J connectivity index is 2.02. The highest BCUT2D eigenvalue weighted by atomic mass is 16.5. The molecule has 1 aromatic carbocycles. The van der Waals surface area contributed by atoms with Gasteiger partial charge in [0, 0.05) is 24.8 Å². The van der Waals surface area contributed by atoms with E-state index in [9.17, 15) is 0 Å². The van der Waals surface area contributed by atoms with Crippen molar-refractivity contribution in [2.45, 2.75) is 20.4 Å². The topological polar surface area (TPSA) is 66.0 Å². The summed E-state index contributed by atoms with van der Waals surface area (Å²) in [6.45, 7) is 6.51. The monoisotopic (exact) mass is 310 g/mol. The second kappa shape index (κ2) is 6.89. The van der Waals surface area contributed by atoms with E-state index in [0.717, 1.165) is 28.1 Å². The van der Waals surface area contributed by atoms with E-state index in [0.29, 0.717) is 26.3 Å². The van der Waals surface area contributed by atoms with Gasteiger partial charge in [0.15, 0.2) is 5.65 Å². The van der Waals surface area contributed by atoms with Gasteiger partial charge >= 0.3 is 0 Å². The predicted molar refractivity (Wildman–Crippen MR) is 92.3 cm³/mol. The van der Waals surface area contributed by atoms with E-state index in [1.807, 2.05) is 13.1 Å². The predicted octanol–water partition coefficient (Wildman–Crippen LogP) is 2.69. The number of imidazole rings is 1. The van der Waals surface area contributed by atoms with Crippen LogP contribution in [0.2, 0.25) is 0 Å². The SMILES string of the molecule is Cc1ccc(-c2nc3cc(C)cnc3n2CCOCCN)cc1. The third-order valence-corrected chi connectivity index (χ3v) is 3.75. The molecular weight excluding hydrogens is 288 g/mol. The number of hydrogen-bond donors (Lipinski definition) is 1. The number of fused-ring (bicyclic) bond motifs is 1. The fourth-order valence-corrected chi connectivity index (χ4v) is 2.59. The Morgan fingerprint density at radius 2 is 1.87 bits per heavy atom. The van der Waals surface area contributed by atoms with E-state index < -0.39 is 0 Å². The Hall–Kier alpha value is -2.24. The third-order valence-electron chi connectivity index (χ3n) is 3.75.